The molecule has 0 bridgehead atoms. The molecule has 0 aromatic heterocycles. The smallest absolute Gasteiger partial charge is 0.462 e. The van der Waals surface area contributed by atoms with Gasteiger partial charge in [0.05, 0.1) is 6.61 Å². The van der Waals surface area contributed by atoms with Crippen LogP contribution in [0.25, 0.3) is 0 Å². The summed E-state index contributed by atoms with van der Waals surface area (Å²) in [5.74, 6) is -0.358. The number of carbonyl (C=O) groups is 1. The van der Waals surface area contributed by atoms with E-state index in [1.54, 1.807) is 6.92 Å². The first kappa shape index (κ1) is 28.7. The zero-order chi connectivity index (χ0) is 27.5. The molecule has 0 aliphatic carbocycles. The van der Waals surface area contributed by atoms with E-state index in [2.05, 4.69) is 111 Å². The van der Waals surface area contributed by atoms with Gasteiger partial charge in [-0.15, -0.1) is 0 Å². The lowest BCUT2D eigenvalue weighted by atomic mass is 10.3. The van der Waals surface area contributed by atoms with E-state index >= 15 is 0 Å². The lowest BCUT2D eigenvalue weighted by Gasteiger charge is -2.31. The van der Waals surface area contributed by atoms with Crippen LogP contribution in [0.3, 0.4) is 0 Å². The summed E-state index contributed by atoms with van der Waals surface area (Å²) >= 11 is 0. The third kappa shape index (κ3) is 8.32. The highest BCUT2D eigenvalue weighted by Crippen LogP contribution is 2.19. The van der Waals surface area contributed by atoms with Gasteiger partial charge in [-0.05, 0) is 39.6 Å². The van der Waals surface area contributed by atoms with Gasteiger partial charge in [-0.3, -0.25) is 0 Å². The Labute approximate surface area is 240 Å². The van der Waals surface area contributed by atoms with Crippen LogP contribution in [0.1, 0.15) is 23.1 Å². The molecule has 7 heteroatoms. The number of hydrogen-bond acceptors (Lipinski definition) is 4. The van der Waals surface area contributed by atoms with Gasteiger partial charge in [0.2, 0.25) is 18.1 Å². The summed E-state index contributed by atoms with van der Waals surface area (Å²) in [6, 6.07) is 42.1. The average molecular weight is 571 g/mol. The van der Waals surface area contributed by atoms with Gasteiger partial charge in [0.15, 0.2) is 0 Å². The van der Waals surface area contributed by atoms with Crippen molar-refractivity contribution in [3.8, 4) is 0 Å². The van der Waals surface area contributed by atoms with Gasteiger partial charge in [-0.2, -0.15) is 0 Å². The fraction of sp³-hybridized carbons (Fsp3) is 0.156. The monoisotopic (exact) mass is 570 g/mol. The van der Waals surface area contributed by atoms with Gasteiger partial charge in [-0.25, -0.2) is 4.79 Å². The van der Waals surface area contributed by atoms with Crippen LogP contribution in [-0.2, 0) is 17.8 Å². The highest BCUT2D eigenvalue weighted by Gasteiger charge is 2.33. The van der Waals surface area contributed by atoms with Crippen LogP contribution in [0, 0.1) is 0 Å². The first-order chi connectivity index (χ1) is 19.0. The van der Waals surface area contributed by atoms with Crippen LogP contribution >= 0.6 is 0 Å². The molecule has 0 aliphatic rings. The van der Waals surface area contributed by atoms with Crippen molar-refractivity contribution in [1.29, 1.82) is 0 Å². The molecule has 1 unspecified atom stereocenters. The van der Waals surface area contributed by atoms with Gasteiger partial charge in [0.25, 0.3) is 0 Å². The van der Waals surface area contributed by atoms with E-state index in [9.17, 15) is 4.79 Å². The molecule has 0 N–H and O–H groups in total. The molecule has 0 heterocycles. The Kier molecular flexibility index (Phi) is 10.8. The lowest BCUT2D eigenvalue weighted by molar-refractivity contribution is -0.139. The molecule has 39 heavy (non-hydrogen) atoms. The molecule has 200 valence electrons. The summed E-state index contributed by atoms with van der Waals surface area (Å²) in [7, 11) is -6.39. The van der Waals surface area contributed by atoms with E-state index in [-0.39, 0.29) is 14.4 Å². The fourth-order valence-corrected chi connectivity index (χ4v) is 15.5. The molecule has 4 nitrogen and oxygen atoms in total. The Bertz CT molecular complexity index is 1150. The van der Waals surface area contributed by atoms with Crippen LogP contribution < -0.4 is 20.7 Å². The topological polar surface area (TPSA) is 44.8 Å². The molecule has 4 aromatic rings. The first-order valence-electron chi connectivity index (χ1n) is 13.4. The van der Waals surface area contributed by atoms with Crippen molar-refractivity contribution in [3.05, 3.63) is 133 Å². The second-order valence-electron chi connectivity index (χ2n) is 9.73. The van der Waals surface area contributed by atoms with Crippen LogP contribution in [0.5, 0.6) is 0 Å². The molecule has 1 atom stereocenters. The van der Waals surface area contributed by atoms with E-state index in [0.29, 0.717) is 18.6 Å². The fourth-order valence-electron chi connectivity index (χ4n) is 4.38. The zero-order valence-electron chi connectivity index (χ0n) is 24.6. The summed E-state index contributed by atoms with van der Waals surface area (Å²) in [6.07, 6.45) is 0.672. The van der Waals surface area contributed by atoms with Crippen molar-refractivity contribution < 1.29 is 20.6 Å². The third-order valence-electron chi connectivity index (χ3n) is 6.57. The van der Waals surface area contributed by atoms with E-state index in [1.807, 2.05) is 24.3 Å². The Morgan fingerprint density at radius 3 is 1.33 bits per heavy atom. The van der Waals surface area contributed by atoms with Gasteiger partial charge in [0, 0.05) is 5.57 Å². The Morgan fingerprint density at radius 1 is 0.692 bits per heavy atom. The molecule has 0 spiro atoms. The molecule has 0 saturated heterocycles. The lowest BCUT2D eigenvalue weighted by Crippen LogP contribution is -2.55. The summed E-state index contributed by atoms with van der Waals surface area (Å²) in [6.45, 7) is 7.85. The van der Waals surface area contributed by atoms with E-state index in [4.69, 9.17) is 13.0 Å². The molecule has 0 saturated carbocycles. The zero-order valence-corrected chi connectivity index (χ0v) is 26.1. The maximum absolute atomic E-state index is 12.0. The average Bonchev–Trinajstić information content (AvgIpc) is 2.99. The quantitative estimate of drug-likeness (QED) is 0.140. The van der Waals surface area contributed by atoms with Crippen molar-refractivity contribution >= 4 is 54.1 Å². The van der Waals surface area contributed by atoms with Crippen LogP contribution in [0.2, 0.25) is 5.54 Å². The van der Waals surface area contributed by atoms with E-state index < -0.39 is 27.4 Å². The van der Waals surface area contributed by atoms with Gasteiger partial charge < -0.3 is 13.0 Å². The second kappa shape index (κ2) is 14.7. The van der Waals surface area contributed by atoms with Gasteiger partial charge in [-0.1, -0.05) is 135 Å². The number of carbonyl (C=O) groups excluding carboxylic acids is 1. The minimum Gasteiger partial charge on any atom is -0.462 e. The molecule has 0 amide bonds. The minimum absolute atomic E-state index is 0. The molecule has 4 aromatic carbocycles. The van der Waals surface area contributed by atoms with Crippen molar-refractivity contribution in [3.63, 3.8) is 0 Å². The van der Waals surface area contributed by atoms with E-state index in [0.717, 1.165) is 0 Å². The van der Waals surface area contributed by atoms with Crippen molar-refractivity contribution in [2.24, 2.45) is 0 Å². The highest BCUT2D eigenvalue weighted by molar-refractivity contribution is 6.88. The van der Waals surface area contributed by atoms with E-state index in [1.165, 1.54) is 20.7 Å². The van der Waals surface area contributed by atoms with Crippen molar-refractivity contribution in [2.75, 3.05) is 6.61 Å². The van der Waals surface area contributed by atoms with Crippen molar-refractivity contribution in [1.82, 2.24) is 0 Å². The number of ether oxygens (including phenoxy) is 1. The number of hydrogen-bond donors (Lipinski definition) is 0. The normalized spacial score (nSPS) is 12.0. The predicted octanol–water partition coefficient (Wildman–Crippen LogP) is 3.44. The Morgan fingerprint density at radius 2 is 1.03 bits per heavy atom. The van der Waals surface area contributed by atoms with Crippen LogP contribution in [0.15, 0.2) is 133 Å². The minimum atomic E-state index is -2.30. The maximum Gasteiger partial charge on any atom is 1.00 e. The highest BCUT2D eigenvalue weighted by atomic mass is 28.4. The largest absolute Gasteiger partial charge is 1.00 e. The first-order valence-corrected chi connectivity index (χ1v) is 18.2. The van der Waals surface area contributed by atoms with Gasteiger partial charge >= 0.3 is 18.1 Å². The van der Waals surface area contributed by atoms with Gasteiger partial charge in [0.1, 0.15) is 0 Å². The summed E-state index contributed by atoms with van der Waals surface area (Å²) in [4.78, 5) is 12.0. The molecular weight excluding hydrogens is 533 g/mol. The molecule has 4 rings (SSSR count). The number of esters is 1. The summed E-state index contributed by atoms with van der Waals surface area (Å²) < 4.78 is 19.9. The Hall–Kier alpha value is -3.34. The summed E-state index contributed by atoms with van der Waals surface area (Å²) in [5.41, 5.74) is 0.526. The standard InChI is InChI=1S/C32H36O4Si3/c1-26(2)32(33)34-25-24-27(3)39(35-37(28-16-8-4-9-17-28)29-18-10-5-11-19-29)36-38(30-20-12-6-13-21-30)31-22-14-7-15-23-31/h4-23,27,37-39H,1,24-25H2,2-3H3/p+2. The maximum atomic E-state index is 12.0. The van der Waals surface area contributed by atoms with Crippen LogP contribution in [-0.4, -0.2) is 39.9 Å². The third-order valence-corrected chi connectivity index (χ3v) is 16.1. The number of benzene rings is 4. The number of rotatable bonds is 13. The Balaban J connectivity index is 0.00000294. The molecule has 0 aliphatic heterocycles. The molecular formula is C32H38O4Si3+2. The molecule has 0 fully saturated rings. The predicted molar refractivity (Wildman–Crippen MR) is 170 cm³/mol. The SMILES string of the molecule is C=C(C)C(=O)OCCC(C)[SiH](O[SiH](c1ccccc1)c1ccccc1)O[SiH](c1ccccc1)c1ccccc1.[H+].[H+]. The van der Waals surface area contributed by atoms with Crippen molar-refractivity contribution in [2.45, 2.75) is 25.8 Å². The second-order valence-corrected chi connectivity index (χ2v) is 18.0. The summed E-state index contributed by atoms with van der Waals surface area (Å²) in [5, 5.41) is 4.90. The van der Waals surface area contributed by atoms with Crippen LogP contribution in [0.4, 0.5) is 0 Å². The molecule has 0 radical (unpaired) electrons.